The highest BCUT2D eigenvalue weighted by atomic mass is 16.5. The second-order valence-corrected chi connectivity index (χ2v) is 31.3. The number of benzene rings is 6. The van der Waals surface area contributed by atoms with E-state index >= 15 is 0 Å². The molecule has 0 radical (unpaired) electrons. The van der Waals surface area contributed by atoms with E-state index in [1.807, 2.05) is 138 Å². The van der Waals surface area contributed by atoms with Crippen LogP contribution in [0.4, 0.5) is 0 Å². The zero-order valence-corrected chi connectivity index (χ0v) is 58.2. The third-order valence-electron chi connectivity index (χ3n) is 17.8. The highest BCUT2D eigenvalue weighted by Crippen LogP contribution is 2.48. The number of hydrogen-bond donors (Lipinski definition) is 3. The van der Waals surface area contributed by atoms with Crippen LogP contribution in [0.15, 0.2) is 91.0 Å². The third kappa shape index (κ3) is 15.9. The van der Waals surface area contributed by atoms with Gasteiger partial charge in [-0.05, 0) is 188 Å². The Balaban J connectivity index is 1.52. The van der Waals surface area contributed by atoms with E-state index in [1.54, 1.807) is 18.2 Å². The molecule has 0 aliphatic heterocycles. The van der Waals surface area contributed by atoms with Gasteiger partial charge < -0.3 is 29.5 Å². The zero-order valence-electron chi connectivity index (χ0n) is 58.2. The molecular formula is C79H106O9. The Morgan fingerprint density at radius 2 is 0.602 bits per heavy atom. The summed E-state index contributed by atoms with van der Waals surface area (Å²) in [5, 5.41) is 32.6. The maximum atomic E-state index is 14.6. The number of esters is 3. The first-order valence-corrected chi connectivity index (χ1v) is 32.0. The van der Waals surface area contributed by atoms with Crippen LogP contribution in [-0.2, 0) is 46.9 Å². The summed E-state index contributed by atoms with van der Waals surface area (Å²) >= 11 is 0. The molecule has 0 bridgehead atoms. The number of phenolic OH excluding ortho intramolecular Hbond substituents is 3. The molecule has 0 saturated carbocycles. The molecule has 0 spiro atoms. The molecule has 0 heterocycles. The van der Waals surface area contributed by atoms with Crippen LogP contribution in [0.3, 0.4) is 0 Å². The fourth-order valence-corrected chi connectivity index (χ4v) is 12.6. The standard InChI is InChI=1S/C79H106O9/c1-26-52(49-29-32-65(80)59(39-49)74(8,9)10)71(83)86-68-36-46(5)55(42-62(68)77(17,18)19)45(4)35-58(56-43-63(78(20,21)22)69(37-47(56)6)87-72(84)53(27-2)50-30-33-66(81)60(40-50)75(11,12)13)57-44-64(79(23,24)25)70(38-48(57)7)88-73(85)54(28-3)51-31-34-67(82)61(41-51)76(14,15)16/h29-34,36-45,52-54,58,80-82H,26-28,35H2,1-25H3. The first-order valence-electron chi connectivity index (χ1n) is 32.0. The quantitative estimate of drug-likeness (QED) is 0.0601. The molecule has 0 aliphatic carbocycles. The van der Waals surface area contributed by atoms with Crippen molar-refractivity contribution >= 4 is 17.9 Å². The highest BCUT2D eigenvalue weighted by Gasteiger charge is 2.35. The van der Waals surface area contributed by atoms with E-state index in [4.69, 9.17) is 14.2 Å². The molecule has 0 amide bonds. The average molecular weight is 1200 g/mol. The largest absolute Gasteiger partial charge is 0.508 e. The van der Waals surface area contributed by atoms with E-state index in [1.165, 1.54) is 0 Å². The molecule has 0 saturated heterocycles. The Kier molecular flexibility index (Phi) is 21.0. The van der Waals surface area contributed by atoms with Crippen LogP contribution in [0.5, 0.6) is 34.5 Å². The Bertz CT molecular complexity index is 3380. The monoisotopic (exact) mass is 1200 g/mol. The molecule has 4 unspecified atom stereocenters. The van der Waals surface area contributed by atoms with Gasteiger partial charge in [0, 0.05) is 22.6 Å². The van der Waals surface area contributed by atoms with E-state index in [9.17, 15) is 29.7 Å². The summed E-state index contributed by atoms with van der Waals surface area (Å²) in [5.41, 5.74) is 11.1. The molecule has 0 aromatic heterocycles. The van der Waals surface area contributed by atoms with Gasteiger partial charge in [-0.1, -0.05) is 207 Å². The maximum absolute atomic E-state index is 14.6. The lowest BCUT2D eigenvalue weighted by atomic mass is 9.73. The van der Waals surface area contributed by atoms with E-state index in [2.05, 4.69) is 108 Å². The van der Waals surface area contributed by atoms with Gasteiger partial charge >= 0.3 is 17.9 Å². The van der Waals surface area contributed by atoms with Crippen LogP contribution in [0.1, 0.15) is 291 Å². The Morgan fingerprint density at radius 1 is 0.364 bits per heavy atom. The lowest BCUT2D eigenvalue weighted by Gasteiger charge is -2.32. The lowest BCUT2D eigenvalue weighted by Crippen LogP contribution is -2.23. The number of carbonyl (C=O) groups excluding carboxylic acids is 3. The summed E-state index contributed by atoms with van der Waals surface area (Å²) in [4.78, 5) is 43.7. The van der Waals surface area contributed by atoms with Crippen molar-refractivity contribution in [2.45, 2.75) is 261 Å². The number of aryl methyl sites for hydroxylation is 3. The fraction of sp³-hybridized carbons (Fsp3) is 0.506. The van der Waals surface area contributed by atoms with Crippen molar-refractivity contribution < 1.29 is 43.9 Å². The molecule has 3 N–H and O–H groups in total. The van der Waals surface area contributed by atoms with Gasteiger partial charge in [0.05, 0.1) is 17.8 Å². The molecule has 4 atom stereocenters. The van der Waals surface area contributed by atoms with Crippen molar-refractivity contribution in [3.05, 3.63) is 174 Å². The molecule has 88 heavy (non-hydrogen) atoms. The summed E-state index contributed by atoms with van der Waals surface area (Å²) in [6.45, 7) is 52.2. The van der Waals surface area contributed by atoms with E-state index < -0.39 is 34.0 Å². The van der Waals surface area contributed by atoms with Gasteiger partial charge in [0.1, 0.15) is 34.5 Å². The van der Waals surface area contributed by atoms with E-state index in [-0.39, 0.29) is 63.2 Å². The van der Waals surface area contributed by atoms with Gasteiger partial charge in [-0.3, -0.25) is 14.4 Å². The normalized spacial score (nSPS) is 14.4. The second kappa shape index (κ2) is 26.3. The number of hydrogen-bond acceptors (Lipinski definition) is 9. The number of ether oxygens (including phenoxy) is 3. The minimum Gasteiger partial charge on any atom is -0.508 e. The van der Waals surface area contributed by atoms with E-state index in [0.29, 0.717) is 42.9 Å². The summed E-state index contributed by atoms with van der Waals surface area (Å²) in [5.74, 6) is -0.945. The van der Waals surface area contributed by atoms with Crippen LogP contribution in [0.25, 0.3) is 0 Å². The predicted molar refractivity (Wildman–Crippen MR) is 361 cm³/mol. The number of rotatable bonds is 17. The van der Waals surface area contributed by atoms with Crippen LogP contribution < -0.4 is 14.2 Å². The first kappa shape index (κ1) is 70.2. The maximum Gasteiger partial charge on any atom is 0.318 e. The molecule has 0 fully saturated rings. The van der Waals surface area contributed by atoms with Gasteiger partial charge in [0.25, 0.3) is 0 Å². The number of carbonyl (C=O) groups is 3. The minimum absolute atomic E-state index is 0.0562. The SMILES string of the molecule is CCC(C(=O)Oc1cc(C)c(C(C)CC(c2cc(C(C)(C)C)c(OC(=O)C(CC)c3ccc(O)c(C(C)(C)C)c3)cc2C)c2cc(C(C)(C)C)c(OC(=O)C(CC)c3ccc(O)c(C(C)(C)C)c3)cc2C)cc1C(C)(C)C)c1ccc(O)c(C(C)(C)C)c1. The summed E-state index contributed by atoms with van der Waals surface area (Å²) in [7, 11) is 0. The first-order chi connectivity index (χ1) is 40.4. The Hall–Kier alpha value is -6.87. The van der Waals surface area contributed by atoms with Crippen molar-refractivity contribution in [3.63, 3.8) is 0 Å². The second-order valence-electron chi connectivity index (χ2n) is 31.3. The average Bonchev–Trinajstić information content (AvgIpc) is 2.51. The molecular weight excluding hydrogens is 1090 g/mol. The van der Waals surface area contributed by atoms with Crippen LogP contribution in [0, 0.1) is 20.8 Å². The topological polar surface area (TPSA) is 140 Å². The van der Waals surface area contributed by atoms with Gasteiger partial charge in [-0.25, -0.2) is 0 Å². The summed E-state index contributed by atoms with van der Waals surface area (Å²) in [6.07, 6.45) is 2.17. The third-order valence-corrected chi connectivity index (χ3v) is 17.8. The summed E-state index contributed by atoms with van der Waals surface area (Å²) < 4.78 is 19.7. The van der Waals surface area contributed by atoms with Crippen LogP contribution >= 0.6 is 0 Å². The molecule has 6 aromatic carbocycles. The minimum atomic E-state index is -0.575. The molecule has 0 aliphatic rings. The number of phenols is 3. The van der Waals surface area contributed by atoms with E-state index in [0.717, 1.165) is 83.5 Å². The smallest absolute Gasteiger partial charge is 0.318 e. The predicted octanol–water partition coefficient (Wildman–Crippen LogP) is 20.1. The van der Waals surface area contributed by atoms with Gasteiger partial charge in [-0.2, -0.15) is 0 Å². The molecule has 476 valence electrons. The molecule has 6 rings (SSSR count). The number of aromatic hydroxyl groups is 3. The van der Waals surface area contributed by atoms with Crippen LogP contribution in [0.2, 0.25) is 0 Å². The van der Waals surface area contributed by atoms with Crippen molar-refractivity contribution in [1.29, 1.82) is 0 Å². The fourth-order valence-electron chi connectivity index (χ4n) is 12.6. The highest BCUT2D eigenvalue weighted by molar-refractivity contribution is 5.83. The Morgan fingerprint density at radius 3 is 0.841 bits per heavy atom. The van der Waals surface area contributed by atoms with Gasteiger partial charge in [0.2, 0.25) is 0 Å². The Labute approximate surface area is 529 Å². The van der Waals surface area contributed by atoms with Crippen LogP contribution in [-0.4, -0.2) is 33.2 Å². The molecule has 9 heteroatoms. The van der Waals surface area contributed by atoms with Crippen molar-refractivity contribution in [2.24, 2.45) is 0 Å². The molecule has 9 nitrogen and oxygen atoms in total. The van der Waals surface area contributed by atoms with Crippen molar-refractivity contribution in [2.75, 3.05) is 0 Å². The zero-order chi connectivity index (χ0) is 66.3. The van der Waals surface area contributed by atoms with Gasteiger partial charge in [-0.15, -0.1) is 0 Å². The van der Waals surface area contributed by atoms with Crippen molar-refractivity contribution in [1.82, 2.24) is 0 Å². The lowest BCUT2D eigenvalue weighted by molar-refractivity contribution is -0.137. The molecule has 6 aromatic rings. The van der Waals surface area contributed by atoms with Gasteiger partial charge in [0.15, 0.2) is 0 Å². The van der Waals surface area contributed by atoms with Crippen molar-refractivity contribution in [3.8, 4) is 34.5 Å². The summed E-state index contributed by atoms with van der Waals surface area (Å²) in [6, 6.07) is 29.1.